The fraction of sp³-hybridized carbons (Fsp3) is 0.217. The smallest absolute Gasteiger partial charge is 0.269 e. The van der Waals surface area contributed by atoms with E-state index < -0.39 is 0 Å². The van der Waals surface area contributed by atoms with Gasteiger partial charge in [-0.15, -0.1) is 0 Å². The van der Waals surface area contributed by atoms with Crippen LogP contribution >= 0.6 is 0 Å². The predicted octanol–water partition coefficient (Wildman–Crippen LogP) is 4.72. The van der Waals surface area contributed by atoms with E-state index in [0.717, 1.165) is 17.1 Å². The Balaban J connectivity index is 1.57. The molecule has 2 aromatic carbocycles. The van der Waals surface area contributed by atoms with Crippen molar-refractivity contribution < 1.29 is 13.9 Å². The summed E-state index contributed by atoms with van der Waals surface area (Å²) in [4.78, 5) is 16.5. The number of nitrogens with zero attached hydrogens (tertiary/aromatic N) is 1. The number of carbonyl (C=O) groups excluding carboxylic acids is 1. The van der Waals surface area contributed by atoms with E-state index in [1.54, 1.807) is 36.5 Å². The Hall–Kier alpha value is -3.41. The highest BCUT2D eigenvalue weighted by atomic mass is 19.1. The second kappa shape index (κ2) is 9.68. The third-order valence-electron chi connectivity index (χ3n) is 4.16. The van der Waals surface area contributed by atoms with Gasteiger partial charge >= 0.3 is 0 Å². The molecule has 0 atom stereocenters. The lowest BCUT2D eigenvalue weighted by Crippen LogP contribution is -2.26. The molecule has 0 aliphatic rings. The van der Waals surface area contributed by atoms with Gasteiger partial charge in [0, 0.05) is 6.54 Å². The standard InChI is InChI=1S/C23H24FN3O2/c1-16(2)29-22-10-6-5-9-20(22)27-18-11-12-21(26-15-18)23(28)25-14-13-17-7-3-4-8-19(17)24/h3-12,15-16,27H,13-14H2,1-2H3,(H,25,28). The van der Waals surface area contributed by atoms with E-state index in [1.165, 1.54) is 6.07 Å². The topological polar surface area (TPSA) is 63.2 Å². The molecule has 0 aliphatic carbocycles. The van der Waals surface area contributed by atoms with Crippen molar-refractivity contribution in [3.05, 3.63) is 83.9 Å². The van der Waals surface area contributed by atoms with Crippen LogP contribution in [0.2, 0.25) is 0 Å². The molecular weight excluding hydrogens is 369 g/mol. The molecule has 0 bridgehead atoms. The number of hydrogen-bond donors (Lipinski definition) is 2. The summed E-state index contributed by atoms with van der Waals surface area (Å²) in [5, 5.41) is 6.02. The van der Waals surface area contributed by atoms with Crippen molar-refractivity contribution in [2.45, 2.75) is 26.4 Å². The van der Waals surface area contributed by atoms with E-state index >= 15 is 0 Å². The highest BCUT2D eigenvalue weighted by Crippen LogP contribution is 2.28. The van der Waals surface area contributed by atoms with Crippen molar-refractivity contribution in [3.63, 3.8) is 0 Å². The number of hydrogen-bond acceptors (Lipinski definition) is 4. The van der Waals surface area contributed by atoms with E-state index in [1.807, 2.05) is 38.1 Å². The summed E-state index contributed by atoms with van der Waals surface area (Å²) in [6.45, 7) is 4.28. The fourth-order valence-electron chi connectivity index (χ4n) is 2.79. The Morgan fingerprint density at radius 3 is 2.55 bits per heavy atom. The summed E-state index contributed by atoms with van der Waals surface area (Å²) in [5.74, 6) is 0.186. The minimum atomic E-state index is -0.295. The summed E-state index contributed by atoms with van der Waals surface area (Å²) in [6.07, 6.45) is 2.08. The van der Waals surface area contributed by atoms with Gasteiger partial charge < -0.3 is 15.4 Å². The zero-order valence-electron chi connectivity index (χ0n) is 16.5. The number of amides is 1. The molecule has 0 saturated heterocycles. The lowest BCUT2D eigenvalue weighted by atomic mass is 10.1. The third-order valence-corrected chi connectivity index (χ3v) is 4.16. The number of aromatic nitrogens is 1. The highest BCUT2D eigenvalue weighted by Gasteiger charge is 2.09. The number of benzene rings is 2. The molecule has 3 rings (SSSR count). The number of rotatable bonds is 8. The first-order valence-electron chi connectivity index (χ1n) is 9.53. The van der Waals surface area contributed by atoms with Crippen LogP contribution < -0.4 is 15.4 Å². The van der Waals surface area contributed by atoms with E-state index in [2.05, 4.69) is 15.6 Å². The van der Waals surface area contributed by atoms with Gasteiger partial charge in [-0.25, -0.2) is 9.37 Å². The number of halogens is 1. The number of ether oxygens (including phenoxy) is 1. The molecule has 29 heavy (non-hydrogen) atoms. The third kappa shape index (κ3) is 5.78. The van der Waals surface area contributed by atoms with Gasteiger partial charge in [-0.2, -0.15) is 0 Å². The first kappa shape index (κ1) is 20.3. The van der Waals surface area contributed by atoms with Crippen molar-refractivity contribution >= 4 is 17.3 Å². The van der Waals surface area contributed by atoms with Crippen LogP contribution in [-0.4, -0.2) is 23.5 Å². The molecule has 150 valence electrons. The molecule has 5 nitrogen and oxygen atoms in total. The number of nitrogens with one attached hydrogen (secondary N) is 2. The Morgan fingerprint density at radius 2 is 1.83 bits per heavy atom. The second-order valence-electron chi connectivity index (χ2n) is 6.82. The van der Waals surface area contributed by atoms with Crippen molar-refractivity contribution in [2.24, 2.45) is 0 Å². The Labute approximate surface area is 169 Å². The molecule has 0 saturated carbocycles. The van der Waals surface area contributed by atoms with Crippen molar-refractivity contribution in [1.82, 2.24) is 10.3 Å². The molecule has 2 N–H and O–H groups in total. The molecule has 0 unspecified atom stereocenters. The van der Waals surface area contributed by atoms with Crippen LogP contribution in [0.15, 0.2) is 66.9 Å². The maximum Gasteiger partial charge on any atom is 0.269 e. The minimum absolute atomic E-state index is 0.0616. The summed E-state index contributed by atoms with van der Waals surface area (Å²) in [7, 11) is 0. The van der Waals surface area contributed by atoms with E-state index in [0.29, 0.717) is 24.2 Å². The van der Waals surface area contributed by atoms with E-state index in [4.69, 9.17) is 4.74 Å². The van der Waals surface area contributed by atoms with Crippen molar-refractivity contribution in [1.29, 1.82) is 0 Å². The number of pyridine rings is 1. The molecule has 0 aliphatic heterocycles. The van der Waals surface area contributed by atoms with Gasteiger partial charge in [0.15, 0.2) is 0 Å². The molecule has 0 fully saturated rings. The van der Waals surface area contributed by atoms with Crippen molar-refractivity contribution in [2.75, 3.05) is 11.9 Å². The molecule has 1 amide bonds. The fourth-order valence-corrected chi connectivity index (χ4v) is 2.79. The summed E-state index contributed by atoms with van der Waals surface area (Å²) in [5.41, 5.74) is 2.44. The number of para-hydroxylation sites is 2. The largest absolute Gasteiger partial charge is 0.489 e. The first-order chi connectivity index (χ1) is 14.0. The lowest BCUT2D eigenvalue weighted by molar-refractivity contribution is 0.0949. The Kier molecular flexibility index (Phi) is 6.79. The highest BCUT2D eigenvalue weighted by molar-refractivity contribution is 5.92. The summed E-state index contributed by atoms with van der Waals surface area (Å²) >= 11 is 0. The van der Waals surface area contributed by atoms with E-state index in [-0.39, 0.29) is 17.8 Å². The van der Waals surface area contributed by atoms with Crippen LogP contribution in [0.3, 0.4) is 0 Å². The monoisotopic (exact) mass is 393 g/mol. The van der Waals surface area contributed by atoms with Gasteiger partial charge in [0.2, 0.25) is 0 Å². The normalized spacial score (nSPS) is 10.6. The van der Waals surface area contributed by atoms with Crippen LogP contribution in [-0.2, 0) is 6.42 Å². The minimum Gasteiger partial charge on any atom is -0.489 e. The Morgan fingerprint density at radius 1 is 1.07 bits per heavy atom. The zero-order chi connectivity index (χ0) is 20.6. The van der Waals surface area contributed by atoms with Crippen LogP contribution in [0, 0.1) is 5.82 Å². The van der Waals surface area contributed by atoms with Gasteiger partial charge in [-0.05, 0) is 56.2 Å². The number of anilines is 2. The molecule has 6 heteroatoms. The van der Waals surface area contributed by atoms with Gasteiger partial charge in [0.05, 0.1) is 23.7 Å². The second-order valence-corrected chi connectivity index (χ2v) is 6.82. The van der Waals surface area contributed by atoms with Crippen LogP contribution in [0.1, 0.15) is 29.9 Å². The van der Waals surface area contributed by atoms with Gasteiger partial charge in [0.1, 0.15) is 17.3 Å². The molecule has 1 aromatic heterocycles. The average Bonchev–Trinajstić information content (AvgIpc) is 2.71. The summed E-state index contributed by atoms with van der Waals surface area (Å²) in [6, 6.07) is 17.6. The quantitative estimate of drug-likeness (QED) is 0.581. The Bertz CT molecular complexity index is 958. The van der Waals surface area contributed by atoms with Gasteiger partial charge in [0.25, 0.3) is 5.91 Å². The maximum atomic E-state index is 13.6. The molecular formula is C23H24FN3O2. The van der Waals surface area contributed by atoms with Crippen molar-refractivity contribution in [3.8, 4) is 5.75 Å². The summed E-state index contributed by atoms with van der Waals surface area (Å²) < 4.78 is 19.4. The van der Waals surface area contributed by atoms with Gasteiger partial charge in [-0.1, -0.05) is 30.3 Å². The molecule has 1 heterocycles. The molecule has 0 radical (unpaired) electrons. The SMILES string of the molecule is CC(C)Oc1ccccc1Nc1ccc(C(=O)NCCc2ccccc2F)nc1. The van der Waals surface area contributed by atoms with Gasteiger partial charge in [-0.3, -0.25) is 4.79 Å². The average molecular weight is 393 g/mol. The van der Waals surface area contributed by atoms with E-state index in [9.17, 15) is 9.18 Å². The van der Waals surface area contributed by atoms with Crippen LogP contribution in [0.5, 0.6) is 5.75 Å². The van der Waals surface area contributed by atoms with Crippen LogP contribution in [0.4, 0.5) is 15.8 Å². The number of carbonyl (C=O) groups is 1. The first-order valence-corrected chi connectivity index (χ1v) is 9.53. The van der Waals surface area contributed by atoms with Crippen LogP contribution in [0.25, 0.3) is 0 Å². The lowest BCUT2D eigenvalue weighted by Gasteiger charge is -2.15. The predicted molar refractivity (Wildman–Crippen MR) is 112 cm³/mol. The molecule has 3 aromatic rings. The molecule has 0 spiro atoms. The maximum absolute atomic E-state index is 13.6. The zero-order valence-corrected chi connectivity index (χ0v) is 16.5.